The summed E-state index contributed by atoms with van der Waals surface area (Å²) in [6, 6.07) is 13.5. The number of aromatic nitrogens is 4. The van der Waals surface area contributed by atoms with Crippen molar-refractivity contribution >= 4 is 17.5 Å². The number of rotatable bonds is 8. The Labute approximate surface area is 224 Å². The van der Waals surface area contributed by atoms with Crippen molar-refractivity contribution in [1.82, 2.24) is 25.3 Å². The van der Waals surface area contributed by atoms with Gasteiger partial charge in [-0.25, -0.2) is 23.7 Å². The van der Waals surface area contributed by atoms with E-state index in [4.69, 9.17) is 14.5 Å². The molecular formula is C28H28F2N6O3. The molecule has 2 aromatic carbocycles. The maximum atomic E-state index is 13.7. The molecule has 3 N–H and O–H groups in total. The molecule has 0 unspecified atom stereocenters. The van der Waals surface area contributed by atoms with Crippen molar-refractivity contribution in [3.05, 3.63) is 78.3 Å². The fourth-order valence-electron chi connectivity index (χ4n) is 4.08. The van der Waals surface area contributed by atoms with Gasteiger partial charge in [0.25, 0.3) is 0 Å². The number of ether oxygens (including phenoxy) is 2. The summed E-state index contributed by atoms with van der Waals surface area (Å²) in [6.07, 6.45) is 1.57. The highest BCUT2D eigenvalue weighted by atomic mass is 19.1. The zero-order valence-corrected chi connectivity index (χ0v) is 21.5. The van der Waals surface area contributed by atoms with E-state index in [2.05, 4.69) is 25.6 Å². The van der Waals surface area contributed by atoms with E-state index in [9.17, 15) is 13.6 Å². The molecule has 1 fully saturated rings. The molecule has 11 heteroatoms. The lowest BCUT2D eigenvalue weighted by Gasteiger charge is -2.35. The monoisotopic (exact) mass is 534 g/mol. The van der Waals surface area contributed by atoms with E-state index < -0.39 is 11.7 Å². The van der Waals surface area contributed by atoms with Crippen LogP contribution in [0.3, 0.4) is 0 Å². The Morgan fingerprint density at radius 3 is 2.36 bits per heavy atom. The lowest BCUT2D eigenvalue weighted by atomic mass is 9.91. The Kier molecular flexibility index (Phi) is 7.62. The van der Waals surface area contributed by atoms with Crippen LogP contribution < -0.4 is 10.6 Å². The van der Waals surface area contributed by atoms with Gasteiger partial charge in [0.05, 0.1) is 35.7 Å². The summed E-state index contributed by atoms with van der Waals surface area (Å²) in [4.78, 5) is 29.4. The molecular weight excluding hydrogens is 506 g/mol. The fraction of sp³-hybridized carbons (Fsp3) is 0.286. The van der Waals surface area contributed by atoms with Gasteiger partial charge in [0, 0.05) is 24.0 Å². The molecule has 0 spiro atoms. The number of nitrogens with zero attached hydrogens (tertiary/aromatic N) is 3. The summed E-state index contributed by atoms with van der Waals surface area (Å²) in [5, 5.41) is 5.94. The summed E-state index contributed by atoms with van der Waals surface area (Å²) < 4.78 is 38.8. The molecule has 1 saturated heterocycles. The second-order valence-corrected chi connectivity index (χ2v) is 9.52. The number of amides is 1. The SMILES string of the molecule is CCCNC(=O)C1(C)COC(c2nc(-c3ccc(F)cc3)c(-c3ccnc(Nc4ccc(F)cc4)n3)[nH]2)OC1. The largest absolute Gasteiger partial charge is 0.355 e. The highest BCUT2D eigenvalue weighted by Crippen LogP contribution is 2.35. The van der Waals surface area contributed by atoms with Crippen LogP contribution in [0.15, 0.2) is 60.8 Å². The molecule has 0 atom stereocenters. The van der Waals surface area contributed by atoms with Crippen molar-refractivity contribution in [3.63, 3.8) is 0 Å². The number of hydrogen-bond acceptors (Lipinski definition) is 7. The zero-order valence-electron chi connectivity index (χ0n) is 21.5. The molecule has 2 aromatic heterocycles. The second-order valence-electron chi connectivity index (χ2n) is 9.52. The van der Waals surface area contributed by atoms with Crippen LogP contribution in [0.5, 0.6) is 0 Å². The molecule has 1 amide bonds. The second kappa shape index (κ2) is 11.3. The van der Waals surface area contributed by atoms with Gasteiger partial charge in [-0.1, -0.05) is 6.92 Å². The van der Waals surface area contributed by atoms with Gasteiger partial charge in [-0.05, 0) is 67.9 Å². The average molecular weight is 535 g/mol. The maximum Gasteiger partial charge on any atom is 0.230 e. The van der Waals surface area contributed by atoms with Gasteiger partial charge in [-0.3, -0.25) is 4.79 Å². The smallest absolute Gasteiger partial charge is 0.230 e. The lowest BCUT2D eigenvalue weighted by Crippen LogP contribution is -2.48. The highest BCUT2D eigenvalue weighted by molar-refractivity contribution is 5.82. The van der Waals surface area contributed by atoms with Crippen LogP contribution in [-0.4, -0.2) is 45.6 Å². The third kappa shape index (κ3) is 5.94. The number of aromatic amines is 1. The van der Waals surface area contributed by atoms with Gasteiger partial charge in [0.15, 0.2) is 5.82 Å². The summed E-state index contributed by atoms with van der Waals surface area (Å²) in [7, 11) is 0. The Balaban J connectivity index is 1.44. The quantitative estimate of drug-likeness (QED) is 0.287. The molecule has 9 nitrogen and oxygen atoms in total. The average Bonchev–Trinajstić information content (AvgIpc) is 3.39. The van der Waals surface area contributed by atoms with Gasteiger partial charge in [-0.2, -0.15) is 0 Å². The van der Waals surface area contributed by atoms with E-state index in [1.54, 1.807) is 43.5 Å². The van der Waals surface area contributed by atoms with Crippen LogP contribution in [0, 0.1) is 17.0 Å². The normalized spacial score (nSPS) is 19.0. The minimum Gasteiger partial charge on any atom is -0.355 e. The predicted molar refractivity (Wildman–Crippen MR) is 141 cm³/mol. The van der Waals surface area contributed by atoms with Crippen molar-refractivity contribution in [2.75, 3.05) is 25.1 Å². The van der Waals surface area contributed by atoms with E-state index >= 15 is 0 Å². The van der Waals surface area contributed by atoms with E-state index in [0.29, 0.717) is 46.7 Å². The molecule has 0 radical (unpaired) electrons. The molecule has 0 saturated carbocycles. The summed E-state index contributed by atoms with van der Waals surface area (Å²) in [5.41, 5.74) is 2.01. The van der Waals surface area contributed by atoms with Crippen molar-refractivity contribution in [1.29, 1.82) is 0 Å². The summed E-state index contributed by atoms with van der Waals surface area (Å²) >= 11 is 0. The maximum absolute atomic E-state index is 13.7. The van der Waals surface area contributed by atoms with Crippen LogP contribution in [0.25, 0.3) is 22.6 Å². The van der Waals surface area contributed by atoms with Gasteiger partial charge in [0.1, 0.15) is 11.6 Å². The van der Waals surface area contributed by atoms with Crippen molar-refractivity contribution in [2.45, 2.75) is 26.6 Å². The molecule has 39 heavy (non-hydrogen) atoms. The molecule has 5 rings (SSSR count). The number of imidazole rings is 1. The molecule has 1 aliphatic heterocycles. The van der Waals surface area contributed by atoms with Crippen LogP contribution in [-0.2, 0) is 14.3 Å². The minimum atomic E-state index is -0.844. The van der Waals surface area contributed by atoms with Crippen molar-refractivity contribution in [3.8, 4) is 22.6 Å². The molecule has 3 heterocycles. The number of hydrogen-bond donors (Lipinski definition) is 3. The van der Waals surface area contributed by atoms with Crippen LogP contribution in [0.4, 0.5) is 20.4 Å². The number of halogens is 2. The first-order valence-corrected chi connectivity index (χ1v) is 12.6. The molecule has 1 aliphatic rings. The zero-order chi connectivity index (χ0) is 27.4. The third-order valence-corrected chi connectivity index (χ3v) is 6.27. The predicted octanol–water partition coefficient (Wildman–Crippen LogP) is 5.13. The number of nitrogens with one attached hydrogen (secondary N) is 3. The van der Waals surface area contributed by atoms with Gasteiger partial charge in [-0.15, -0.1) is 0 Å². The van der Waals surface area contributed by atoms with Gasteiger partial charge < -0.3 is 25.1 Å². The van der Waals surface area contributed by atoms with Crippen LogP contribution >= 0.6 is 0 Å². The van der Waals surface area contributed by atoms with E-state index in [0.717, 1.165) is 6.42 Å². The fourth-order valence-corrected chi connectivity index (χ4v) is 4.08. The summed E-state index contributed by atoms with van der Waals surface area (Å²) in [6.45, 7) is 4.65. The third-order valence-electron chi connectivity index (χ3n) is 6.27. The standard InChI is InChI=1S/C28H28F2N6O3/c1-3-13-31-26(37)28(2)15-38-25(39-16-28)24-35-22(17-4-6-18(29)7-5-17)23(36-24)21-12-14-32-27(34-21)33-20-10-8-19(30)9-11-20/h4-12,14,25H,3,13,15-16H2,1-2H3,(H,31,37)(H,35,36)(H,32,33,34). The van der Waals surface area contributed by atoms with E-state index in [1.165, 1.54) is 24.3 Å². The molecule has 0 aliphatic carbocycles. The number of carbonyl (C=O) groups is 1. The Bertz CT molecular complexity index is 1430. The molecule has 0 bridgehead atoms. The number of anilines is 2. The number of H-pyrrole nitrogens is 1. The van der Waals surface area contributed by atoms with E-state index in [1.807, 2.05) is 6.92 Å². The minimum absolute atomic E-state index is 0.128. The van der Waals surface area contributed by atoms with Crippen molar-refractivity contribution in [2.24, 2.45) is 5.41 Å². The van der Waals surface area contributed by atoms with Gasteiger partial charge in [0.2, 0.25) is 18.1 Å². The Morgan fingerprint density at radius 1 is 1.03 bits per heavy atom. The first-order valence-electron chi connectivity index (χ1n) is 12.6. The van der Waals surface area contributed by atoms with Gasteiger partial charge >= 0.3 is 0 Å². The number of carbonyl (C=O) groups excluding carboxylic acids is 1. The van der Waals surface area contributed by atoms with E-state index in [-0.39, 0.29) is 30.8 Å². The van der Waals surface area contributed by atoms with Crippen LogP contribution in [0.2, 0.25) is 0 Å². The Morgan fingerprint density at radius 2 is 1.69 bits per heavy atom. The van der Waals surface area contributed by atoms with Crippen LogP contribution in [0.1, 0.15) is 32.4 Å². The topological polar surface area (TPSA) is 114 Å². The lowest BCUT2D eigenvalue weighted by molar-refractivity contribution is -0.231. The molecule has 4 aromatic rings. The summed E-state index contributed by atoms with van der Waals surface area (Å²) in [5.74, 6) is -0.176. The molecule has 202 valence electrons. The first-order chi connectivity index (χ1) is 18.8. The number of benzene rings is 2. The Hall–Kier alpha value is -4.22. The highest BCUT2D eigenvalue weighted by Gasteiger charge is 2.40. The first kappa shape index (κ1) is 26.4. The van der Waals surface area contributed by atoms with Crippen molar-refractivity contribution < 1.29 is 23.0 Å².